The highest BCUT2D eigenvalue weighted by atomic mass is 19.2. The predicted molar refractivity (Wildman–Crippen MR) is 117 cm³/mol. The van der Waals surface area contributed by atoms with Gasteiger partial charge in [-0.1, -0.05) is 62.9 Å². The van der Waals surface area contributed by atoms with E-state index >= 15 is 0 Å². The number of hydrogen-bond donors (Lipinski definition) is 0. The molecule has 4 rings (SSSR count). The summed E-state index contributed by atoms with van der Waals surface area (Å²) in [7, 11) is 0. The lowest BCUT2D eigenvalue weighted by molar-refractivity contribution is 0.156. The van der Waals surface area contributed by atoms with Gasteiger partial charge in [0.15, 0.2) is 11.6 Å². The van der Waals surface area contributed by atoms with E-state index in [1.165, 1.54) is 81.9 Å². The molecule has 0 heterocycles. The summed E-state index contributed by atoms with van der Waals surface area (Å²) in [6.07, 6.45) is 14.0. The van der Waals surface area contributed by atoms with Gasteiger partial charge in [-0.05, 0) is 91.0 Å². The molecule has 2 aromatic rings. The minimum atomic E-state index is -0.791. The average Bonchev–Trinajstić information content (AvgIpc) is 2.77. The fraction of sp³-hybridized carbons (Fsp3) is 0.556. The molecule has 2 fully saturated rings. The third-order valence-corrected chi connectivity index (χ3v) is 7.66. The molecule has 0 N–H and O–H groups in total. The van der Waals surface area contributed by atoms with Crippen LogP contribution in [0, 0.1) is 29.4 Å². The van der Waals surface area contributed by atoms with Gasteiger partial charge in [0.05, 0.1) is 0 Å². The van der Waals surface area contributed by atoms with Crippen molar-refractivity contribution in [1.29, 1.82) is 0 Å². The van der Waals surface area contributed by atoms with Crippen LogP contribution in [0.2, 0.25) is 0 Å². The van der Waals surface area contributed by atoms with Crippen LogP contribution in [0.5, 0.6) is 0 Å². The highest BCUT2D eigenvalue weighted by Gasteiger charge is 2.31. The Hall–Kier alpha value is -1.70. The summed E-state index contributed by atoms with van der Waals surface area (Å²) in [5.41, 5.74) is 3.09. The minimum Gasteiger partial charge on any atom is -0.204 e. The molecule has 0 atom stereocenters. The first-order chi connectivity index (χ1) is 14.1. The molecule has 156 valence electrons. The molecule has 2 heteroatoms. The molecule has 0 aromatic heterocycles. The van der Waals surface area contributed by atoms with Gasteiger partial charge in [0.1, 0.15) is 0 Å². The Balaban J connectivity index is 1.31. The van der Waals surface area contributed by atoms with Crippen molar-refractivity contribution < 1.29 is 8.78 Å². The first-order valence-corrected chi connectivity index (χ1v) is 11.7. The molecule has 0 spiro atoms. The summed E-state index contributed by atoms with van der Waals surface area (Å²) >= 11 is 0. The monoisotopic (exact) mass is 396 g/mol. The molecule has 2 aliphatic carbocycles. The van der Waals surface area contributed by atoms with E-state index < -0.39 is 11.6 Å². The van der Waals surface area contributed by atoms with Crippen molar-refractivity contribution in [2.24, 2.45) is 17.8 Å². The van der Waals surface area contributed by atoms with E-state index in [0.29, 0.717) is 5.92 Å². The van der Waals surface area contributed by atoms with Crippen molar-refractivity contribution in [2.75, 3.05) is 0 Å². The van der Waals surface area contributed by atoms with Crippen LogP contribution in [-0.4, -0.2) is 0 Å². The predicted octanol–water partition coefficient (Wildman–Crippen LogP) is 8.51. The summed E-state index contributed by atoms with van der Waals surface area (Å²) < 4.78 is 26.7. The van der Waals surface area contributed by atoms with Gasteiger partial charge in [-0.2, -0.15) is 0 Å². The van der Waals surface area contributed by atoms with Crippen LogP contribution in [0.15, 0.2) is 42.5 Å². The first-order valence-electron chi connectivity index (χ1n) is 11.7. The molecule has 29 heavy (non-hydrogen) atoms. The zero-order valence-electron chi connectivity index (χ0n) is 17.7. The Bertz CT molecular complexity index is 779. The fourth-order valence-corrected chi connectivity index (χ4v) is 5.90. The second-order valence-corrected chi connectivity index (χ2v) is 9.43. The minimum absolute atomic E-state index is 0.654. The van der Waals surface area contributed by atoms with Gasteiger partial charge in [0, 0.05) is 0 Å². The maximum Gasteiger partial charge on any atom is 0.159 e. The second-order valence-electron chi connectivity index (χ2n) is 9.43. The molecule has 2 saturated carbocycles. The van der Waals surface area contributed by atoms with Crippen LogP contribution in [0.1, 0.15) is 82.6 Å². The highest BCUT2D eigenvalue weighted by Crippen LogP contribution is 2.44. The first kappa shape index (κ1) is 20.6. The Kier molecular flexibility index (Phi) is 6.67. The van der Waals surface area contributed by atoms with Crippen molar-refractivity contribution in [2.45, 2.75) is 77.0 Å². The van der Waals surface area contributed by atoms with E-state index in [0.717, 1.165) is 28.9 Å². The molecule has 0 nitrogen and oxygen atoms in total. The highest BCUT2D eigenvalue weighted by molar-refractivity contribution is 5.63. The smallest absolute Gasteiger partial charge is 0.159 e. The lowest BCUT2D eigenvalue weighted by Gasteiger charge is -2.38. The maximum atomic E-state index is 13.5. The van der Waals surface area contributed by atoms with Crippen molar-refractivity contribution in [3.05, 3.63) is 59.7 Å². The summed E-state index contributed by atoms with van der Waals surface area (Å²) in [6.45, 7) is 2.32. The Morgan fingerprint density at radius 2 is 1.28 bits per heavy atom. The van der Waals surface area contributed by atoms with Gasteiger partial charge < -0.3 is 0 Å². The van der Waals surface area contributed by atoms with Gasteiger partial charge in [0.2, 0.25) is 0 Å². The van der Waals surface area contributed by atoms with Crippen molar-refractivity contribution >= 4 is 0 Å². The molecule has 2 aromatic carbocycles. The average molecular weight is 397 g/mol. The number of benzene rings is 2. The van der Waals surface area contributed by atoms with Gasteiger partial charge in [-0.15, -0.1) is 0 Å². The van der Waals surface area contributed by atoms with E-state index in [9.17, 15) is 8.78 Å². The summed E-state index contributed by atoms with van der Waals surface area (Å²) in [4.78, 5) is 0. The van der Waals surface area contributed by atoms with Crippen LogP contribution in [-0.2, 0) is 0 Å². The normalized spacial score (nSPS) is 27.7. The van der Waals surface area contributed by atoms with Crippen molar-refractivity contribution in [1.82, 2.24) is 0 Å². The van der Waals surface area contributed by atoms with Gasteiger partial charge in [0.25, 0.3) is 0 Å². The van der Waals surface area contributed by atoms with Crippen LogP contribution in [0.4, 0.5) is 8.78 Å². The van der Waals surface area contributed by atoms with E-state index in [4.69, 9.17) is 0 Å². The zero-order valence-corrected chi connectivity index (χ0v) is 17.7. The van der Waals surface area contributed by atoms with Crippen molar-refractivity contribution in [3.63, 3.8) is 0 Å². The summed E-state index contributed by atoms with van der Waals surface area (Å²) in [5.74, 6) is 1.99. The lowest BCUT2D eigenvalue weighted by Crippen LogP contribution is -2.25. The number of rotatable bonds is 5. The fourth-order valence-electron chi connectivity index (χ4n) is 5.90. The molecular weight excluding hydrogens is 362 g/mol. The van der Waals surface area contributed by atoms with E-state index in [2.05, 4.69) is 31.2 Å². The van der Waals surface area contributed by atoms with Gasteiger partial charge >= 0.3 is 0 Å². The third kappa shape index (κ3) is 4.90. The molecule has 0 aliphatic heterocycles. The third-order valence-electron chi connectivity index (χ3n) is 7.66. The standard InChI is InChI=1S/C27H34F2/c1-2-3-19-4-6-20(7-5-19)21-8-10-22(11-9-21)23-12-14-24(15-13-23)25-16-17-26(28)27(29)18-25/h12-22H,2-11H2,1H3/t19?,20?,21-,22-. The molecule has 0 radical (unpaired) electrons. The van der Waals surface area contributed by atoms with Crippen LogP contribution in [0.3, 0.4) is 0 Å². The second kappa shape index (κ2) is 9.41. The Morgan fingerprint density at radius 3 is 1.86 bits per heavy atom. The lowest BCUT2D eigenvalue weighted by atomic mass is 9.68. The largest absolute Gasteiger partial charge is 0.204 e. The van der Waals surface area contributed by atoms with E-state index in [-0.39, 0.29) is 0 Å². The van der Waals surface area contributed by atoms with Crippen molar-refractivity contribution in [3.8, 4) is 11.1 Å². The molecule has 0 amide bonds. The molecule has 0 bridgehead atoms. The zero-order chi connectivity index (χ0) is 20.2. The molecular formula is C27H34F2. The van der Waals surface area contributed by atoms with Crippen LogP contribution in [0.25, 0.3) is 11.1 Å². The SMILES string of the molecule is CCCC1CCC([C@H]2CC[C@H](c3ccc(-c4ccc(F)c(F)c4)cc3)CC2)CC1. The maximum absolute atomic E-state index is 13.5. The number of halogens is 2. The van der Waals surface area contributed by atoms with Crippen LogP contribution >= 0.6 is 0 Å². The summed E-state index contributed by atoms with van der Waals surface area (Å²) in [6, 6.07) is 12.6. The van der Waals surface area contributed by atoms with E-state index in [1.807, 2.05) is 0 Å². The number of hydrogen-bond acceptors (Lipinski definition) is 0. The molecule has 0 unspecified atom stereocenters. The van der Waals surface area contributed by atoms with Gasteiger partial charge in [-0.3, -0.25) is 0 Å². The quantitative estimate of drug-likeness (QED) is 0.475. The van der Waals surface area contributed by atoms with Crippen LogP contribution < -0.4 is 0 Å². The Labute approximate surface area is 174 Å². The molecule has 0 saturated heterocycles. The molecule has 2 aliphatic rings. The summed E-state index contributed by atoms with van der Waals surface area (Å²) in [5, 5.41) is 0. The Morgan fingerprint density at radius 1 is 0.690 bits per heavy atom. The van der Waals surface area contributed by atoms with Gasteiger partial charge in [-0.25, -0.2) is 8.78 Å². The topological polar surface area (TPSA) is 0 Å². The van der Waals surface area contributed by atoms with E-state index in [1.54, 1.807) is 6.07 Å².